The Bertz CT molecular complexity index is 1020. The van der Waals surface area contributed by atoms with Crippen LogP contribution in [0.15, 0.2) is 24.3 Å². The first-order valence-electron chi connectivity index (χ1n) is 23.8. The largest absolute Gasteiger partial charge is 0.472 e. The van der Waals surface area contributed by atoms with Gasteiger partial charge in [-0.3, -0.25) is 18.6 Å². The number of hydrogen-bond donors (Lipinski definition) is 3. The Hall–Kier alpha value is -1.55. The predicted octanol–water partition coefficient (Wildman–Crippen LogP) is 13.0. The van der Waals surface area contributed by atoms with Gasteiger partial charge in [0.1, 0.15) is 12.2 Å². The second kappa shape index (κ2) is 43.5. The molecular formula is C47H89O10P. The number of unbranched alkanes of at least 4 members (excludes halogenated alkanes) is 27. The average molecular weight is 845 g/mol. The lowest BCUT2D eigenvalue weighted by Gasteiger charge is -2.20. The van der Waals surface area contributed by atoms with Gasteiger partial charge < -0.3 is 24.6 Å². The minimum Gasteiger partial charge on any atom is -0.457 e. The van der Waals surface area contributed by atoms with Gasteiger partial charge in [0.15, 0.2) is 0 Å². The van der Waals surface area contributed by atoms with Crippen molar-refractivity contribution < 1.29 is 47.8 Å². The number of phosphoric ester groups is 1. The predicted molar refractivity (Wildman–Crippen MR) is 238 cm³/mol. The highest BCUT2D eigenvalue weighted by Gasteiger charge is 2.27. The molecule has 0 fully saturated rings. The fraction of sp³-hybridized carbons (Fsp3) is 0.872. The molecule has 11 heteroatoms. The molecule has 342 valence electrons. The van der Waals surface area contributed by atoms with E-state index in [2.05, 4.69) is 38.2 Å². The Labute approximate surface area is 355 Å². The van der Waals surface area contributed by atoms with Crippen molar-refractivity contribution in [3.63, 3.8) is 0 Å². The molecule has 10 nitrogen and oxygen atoms in total. The van der Waals surface area contributed by atoms with E-state index in [4.69, 9.17) is 18.5 Å². The Morgan fingerprint density at radius 2 is 0.759 bits per heavy atom. The van der Waals surface area contributed by atoms with Crippen molar-refractivity contribution in [1.29, 1.82) is 0 Å². The molecule has 0 heterocycles. The van der Waals surface area contributed by atoms with Crippen LogP contribution in [0.2, 0.25) is 0 Å². The molecule has 0 aliphatic carbocycles. The molecule has 0 rings (SSSR count). The van der Waals surface area contributed by atoms with Crippen molar-refractivity contribution in [3.8, 4) is 0 Å². The lowest BCUT2D eigenvalue weighted by atomic mass is 10.0. The van der Waals surface area contributed by atoms with E-state index in [9.17, 15) is 29.3 Å². The summed E-state index contributed by atoms with van der Waals surface area (Å²) in [5.74, 6) is -1.02. The minimum atomic E-state index is -4.64. The van der Waals surface area contributed by atoms with Crippen LogP contribution in [-0.4, -0.2) is 65.7 Å². The van der Waals surface area contributed by atoms with Crippen LogP contribution in [0, 0.1) is 0 Å². The van der Waals surface area contributed by atoms with Gasteiger partial charge in [0, 0.05) is 12.8 Å². The molecule has 3 unspecified atom stereocenters. The summed E-state index contributed by atoms with van der Waals surface area (Å²) in [5, 5.41) is 19.2. The lowest BCUT2D eigenvalue weighted by Crippen LogP contribution is -2.28. The van der Waals surface area contributed by atoms with Gasteiger partial charge in [-0.2, -0.15) is 0 Å². The number of carbonyl (C=O) groups is 2. The summed E-state index contributed by atoms with van der Waals surface area (Å²) in [6.45, 7) is 2.22. The lowest BCUT2D eigenvalue weighted by molar-refractivity contribution is -0.153. The zero-order chi connectivity index (χ0) is 42.6. The number of aliphatic hydroxyl groups excluding tert-OH is 2. The normalized spacial score (nSPS) is 13.9. The smallest absolute Gasteiger partial charge is 0.457 e. The average Bonchev–Trinajstić information content (AvgIpc) is 3.21. The van der Waals surface area contributed by atoms with Crippen LogP contribution in [-0.2, 0) is 32.7 Å². The number of hydrogen-bond acceptors (Lipinski definition) is 9. The standard InChI is InChI=1S/C47H89O10P/c1-3-5-7-9-11-13-15-17-19-21-23-25-27-29-31-33-35-37-39-47(51)57-45(41-49)43-55-58(52,53)54-42-44(40-48)56-46(50)38-36-34-32-30-28-26-24-22-20-18-16-14-12-10-8-6-4-2/h13,15,19,21,44-45,48-49H,3-12,14,16-18,20,22-43H2,1-2H3,(H,52,53)/b15-13-,21-19-. The first kappa shape index (κ1) is 56.5. The van der Waals surface area contributed by atoms with Gasteiger partial charge in [0.05, 0.1) is 26.4 Å². The first-order valence-corrected chi connectivity index (χ1v) is 25.3. The highest BCUT2D eigenvalue weighted by molar-refractivity contribution is 7.47. The van der Waals surface area contributed by atoms with Gasteiger partial charge in [-0.05, 0) is 44.9 Å². The molecule has 0 amide bonds. The van der Waals surface area contributed by atoms with E-state index >= 15 is 0 Å². The van der Waals surface area contributed by atoms with Crippen LogP contribution < -0.4 is 0 Å². The third kappa shape index (κ3) is 41.2. The topological polar surface area (TPSA) is 149 Å². The third-order valence-electron chi connectivity index (χ3n) is 10.4. The molecule has 3 N–H and O–H groups in total. The quantitative estimate of drug-likeness (QED) is 0.0234. The molecule has 0 aromatic carbocycles. The van der Waals surface area contributed by atoms with Gasteiger partial charge in [0.25, 0.3) is 0 Å². The Kier molecular flexibility index (Phi) is 42.4. The van der Waals surface area contributed by atoms with E-state index < -0.39 is 58.4 Å². The number of ether oxygens (including phenoxy) is 2. The molecule has 0 bridgehead atoms. The van der Waals surface area contributed by atoms with Crippen molar-refractivity contribution in [3.05, 3.63) is 24.3 Å². The molecule has 0 spiro atoms. The van der Waals surface area contributed by atoms with Crippen LogP contribution in [0.5, 0.6) is 0 Å². The number of allylic oxidation sites excluding steroid dienone is 4. The fourth-order valence-electron chi connectivity index (χ4n) is 6.73. The van der Waals surface area contributed by atoms with Crippen molar-refractivity contribution in [1.82, 2.24) is 0 Å². The molecule has 0 aliphatic heterocycles. The molecule has 0 aromatic rings. The van der Waals surface area contributed by atoms with Crippen LogP contribution in [0.25, 0.3) is 0 Å². The van der Waals surface area contributed by atoms with Gasteiger partial charge in [-0.15, -0.1) is 0 Å². The van der Waals surface area contributed by atoms with E-state index in [-0.39, 0.29) is 12.8 Å². The molecule has 0 saturated carbocycles. The molecular weight excluding hydrogens is 755 g/mol. The zero-order valence-corrected chi connectivity index (χ0v) is 38.2. The Balaban J connectivity index is 3.87. The summed E-state index contributed by atoms with van der Waals surface area (Å²) in [4.78, 5) is 34.6. The highest BCUT2D eigenvalue weighted by Crippen LogP contribution is 2.43. The van der Waals surface area contributed by atoms with E-state index in [0.29, 0.717) is 12.8 Å². The fourth-order valence-corrected chi connectivity index (χ4v) is 7.52. The molecule has 0 radical (unpaired) electrons. The highest BCUT2D eigenvalue weighted by atomic mass is 31.2. The Morgan fingerprint density at radius 3 is 1.09 bits per heavy atom. The van der Waals surface area contributed by atoms with Crippen molar-refractivity contribution in [2.75, 3.05) is 26.4 Å². The SMILES string of the molecule is CCCCCC/C=C\C/C=C\CCCCCCCCCC(=O)OC(CO)COP(=O)(O)OCC(CO)OC(=O)CCCCCCCCCCCCCCCCCCC. The van der Waals surface area contributed by atoms with Crippen LogP contribution in [0.1, 0.15) is 226 Å². The molecule has 0 aromatic heterocycles. The maximum atomic E-state index is 12.4. The van der Waals surface area contributed by atoms with E-state index in [0.717, 1.165) is 51.4 Å². The molecule has 0 saturated heterocycles. The summed E-state index contributed by atoms with van der Waals surface area (Å²) in [5.41, 5.74) is 0. The summed E-state index contributed by atoms with van der Waals surface area (Å²) in [6.07, 6.45) is 44.3. The number of esters is 2. The maximum Gasteiger partial charge on any atom is 0.472 e. The van der Waals surface area contributed by atoms with E-state index in [1.807, 2.05) is 0 Å². The molecule has 3 atom stereocenters. The van der Waals surface area contributed by atoms with Crippen molar-refractivity contribution in [2.45, 2.75) is 238 Å². The summed E-state index contributed by atoms with van der Waals surface area (Å²) in [7, 11) is -4.64. The van der Waals surface area contributed by atoms with Crippen molar-refractivity contribution in [2.24, 2.45) is 0 Å². The Morgan fingerprint density at radius 1 is 0.466 bits per heavy atom. The summed E-state index contributed by atoms with van der Waals surface area (Å²) < 4.78 is 32.7. The van der Waals surface area contributed by atoms with Crippen LogP contribution in [0.3, 0.4) is 0 Å². The van der Waals surface area contributed by atoms with Gasteiger partial charge in [0.2, 0.25) is 0 Å². The van der Waals surface area contributed by atoms with Crippen molar-refractivity contribution >= 4 is 19.8 Å². The number of phosphoric acid groups is 1. The van der Waals surface area contributed by atoms with Gasteiger partial charge >= 0.3 is 19.8 Å². The zero-order valence-electron chi connectivity index (χ0n) is 37.3. The van der Waals surface area contributed by atoms with Crippen LogP contribution >= 0.6 is 7.82 Å². The maximum absolute atomic E-state index is 12.4. The second-order valence-electron chi connectivity index (χ2n) is 16.1. The van der Waals surface area contributed by atoms with Crippen LogP contribution in [0.4, 0.5) is 0 Å². The summed E-state index contributed by atoms with van der Waals surface area (Å²) >= 11 is 0. The summed E-state index contributed by atoms with van der Waals surface area (Å²) in [6, 6.07) is 0. The first-order chi connectivity index (χ1) is 28.3. The number of carbonyl (C=O) groups excluding carboxylic acids is 2. The number of aliphatic hydroxyl groups is 2. The van der Waals surface area contributed by atoms with Gasteiger partial charge in [-0.1, -0.05) is 192 Å². The second-order valence-corrected chi connectivity index (χ2v) is 17.6. The van der Waals surface area contributed by atoms with E-state index in [1.165, 1.54) is 135 Å². The van der Waals surface area contributed by atoms with E-state index in [1.54, 1.807) is 0 Å². The third-order valence-corrected chi connectivity index (χ3v) is 11.4. The monoisotopic (exact) mass is 845 g/mol. The molecule has 58 heavy (non-hydrogen) atoms. The minimum absolute atomic E-state index is 0.185. The molecule has 0 aliphatic rings. The van der Waals surface area contributed by atoms with Gasteiger partial charge in [-0.25, -0.2) is 4.57 Å². The number of rotatable bonds is 45.